The number of aryl methyl sites for hydroxylation is 3. The minimum absolute atomic E-state index is 0.240. The Morgan fingerprint density at radius 2 is 1.60 bits per heavy atom. The molecule has 0 atom stereocenters. The van der Waals surface area contributed by atoms with Gasteiger partial charge in [-0.2, -0.15) is 4.98 Å². The standard InChI is InChI=1S/C20H21FN4/c1-13-5-4-6-14(2)19(13)24-18-11-15(3)23-20(25-18)22-12-16-7-9-17(21)10-8-16/h4-11H,12H2,1-3H3,(H2,22,23,24,25). The lowest BCUT2D eigenvalue weighted by Gasteiger charge is -2.13. The molecule has 0 amide bonds. The molecule has 2 N–H and O–H groups in total. The fourth-order valence-corrected chi connectivity index (χ4v) is 2.63. The molecule has 128 valence electrons. The van der Waals surface area contributed by atoms with Gasteiger partial charge in [0.25, 0.3) is 0 Å². The van der Waals surface area contributed by atoms with Gasteiger partial charge < -0.3 is 10.6 Å². The minimum Gasteiger partial charge on any atom is -0.350 e. The van der Waals surface area contributed by atoms with Crippen LogP contribution in [0.1, 0.15) is 22.4 Å². The first-order valence-electron chi connectivity index (χ1n) is 8.18. The summed E-state index contributed by atoms with van der Waals surface area (Å²) in [6, 6.07) is 14.5. The van der Waals surface area contributed by atoms with Gasteiger partial charge in [0.15, 0.2) is 0 Å². The summed E-state index contributed by atoms with van der Waals surface area (Å²) in [6.45, 7) is 6.60. The quantitative estimate of drug-likeness (QED) is 0.696. The van der Waals surface area contributed by atoms with Gasteiger partial charge in [0, 0.05) is 24.0 Å². The zero-order chi connectivity index (χ0) is 17.8. The molecule has 0 bridgehead atoms. The van der Waals surface area contributed by atoms with Crippen LogP contribution >= 0.6 is 0 Å². The summed E-state index contributed by atoms with van der Waals surface area (Å²) < 4.78 is 13.0. The molecule has 0 saturated carbocycles. The highest BCUT2D eigenvalue weighted by atomic mass is 19.1. The van der Waals surface area contributed by atoms with Crippen LogP contribution in [0.4, 0.5) is 21.8 Å². The lowest BCUT2D eigenvalue weighted by molar-refractivity contribution is 0.627. The Bertz CT molecular complexity index is 855. The maximum Gasteiger partial charge on any atom is 0.225 e. The summed E-state index contributed by atoms with van der Waals surface area (Å²) >= 11 is 0. The molecule has 0 unspecified atom stereocenters. The second kappa shape index (κ2) is 7.30. The van der Waals surface area contributed by atoms with E-state index in [1.807, 2.05) is 19.1 Å². The van der Waals surface area contributed by atoms with Crippen LogP contribution in [0.25, 0.3) is 0 Å². The molecule has 0 aliphatic carbocycles. The van der Waals surface area contributed by atoms with Crippen LogP contribution in [0.2, 0.25) is 0 Å². The van der Waals surface area contributed by atoms with E-state index in [9.17, 15) is 4.39 Å². The Kier molecular flexibility index (Phi) is 4.93. The van der Waals surface area contributed by atoms with E-state index in [1.54, 1.807) is 12.1 Å². The Morgan fingerprint density at radius 3 is 2.28 bits per heavy atom. The summed E-state index contributed by atoms with van der Waals surface area (Å²) in [5.41, 5.74) is 5.22. The zero-order valence-corrected chi connectivity index (χ0v) is 14.6. The number of nitrogens with zero attached hydrogens (tertiary/aromatic N) is 2. The van der Waals surface area contributed by atoms with Gasteiger partial charge in [0.1, 0.15) is 11.6 Å². The maximum absolute atomic E-state index is 13.0. The molecular weight excluding hydrogens is 315 g/mol. The highest BCUT2D eigenvalue weighted by Crippen LogP contribution is 2.24. The van der Waals surface area contributed by atoms with Gasteiger partial charge in [-0.15, -0.1) is 0 Å². The Balaban J connectivity index is 1.77. The molecule has 2 aromatic carbocycles. The van der Waals surface area contributed by atoms with Crippen molar-refractivity contribution in [1.29, 1.82) is 0 Å². The smallest absolute Gasteiger partial charge is 0.225 e. The zero-order valence-electron chi connectivity index (χ0n) is 14.6. The third-order valence-corrected chi connectivity index (χ3v) is 3.95. The van der Waals surface area contributed by atoms with Gasteiger partial charge in [0.2, 0.25) is 5.95 Å². The number of hydrogen-bond acceptors (Lipinski definition) is 4. The summed E-state index contributed by atoms with van der Waals surface area (Å²) in [4.78, 5) is 8.95. The van der Waals surface area contributed by atoms with Gasteiger partial charge in [-0.1, -0.05) is 30.3 Å². The number of aromatic nitrogens is 2. The molecule has 0 aliphatic rings. The van der Waals surface area contributed by atoms with Gasteiger partial charge in [-0.05, 0) is 49.6 Å². The predicted octanol–water partition coefficient (Wildman–Crippen LogP) is 4.90. The van der Waals surface area contributed by atoms with E-state index in [2.05, 4.69) is 46.6 Å². The number of anilines is 3. The fourth-order valence-electron chi connectivity index (χ4n) is 2.63. The monoisotopic (exact) mass is 336 g/mol. The largest absolute Gasteiger partial charge is 0.350 e. The first-order chi connectivity index (χ1) is 12.0. The molecule has 0 fully saturated rings. The van der Waals surface area contributed by atoms with Crippen molar-refractivity contribution in [1.82, 2.24) is 9.97 Å². The lowest BCUT2D eigenvalue weighted by atomic mass is 10.1. The van der Waals surface area contributed by atoms with Crippen LogP contribution < -0.4 is 10.6 Å². The van der Waals surface area contributed by atoms with Crippen molar-refractivity contribution in [3.8, 4) is 0 Å². The lowest BCUT2D eigenvalue weighted by Crippen LogP contribution is -2.07. The van der Waals surface area contributed by atoms with Gasteiger partial charge in [-0.3, -0.25) is 0 Å². The van der Waals surface area contributed by atoms with E-state index < -0.39 is 0 Å². The van der Waals surface area contributed by atoms with Crippen LogP contribution in [-0.4, -0.2) is 9.97 Å². The first kappa shape index (κ1) is 16.9. The average molecular weight is 336 g/mol. The fraction of sp³-hybridized carbons (Fsp3) is 0.200. The molecule has 3 rings (SSSR count). The number of para-hydroxylation sites is 1. The van der Waals surface area contributed by atoms with Gasteiger partial charge in [-0.25, -0.2) is 9.37 Å². The highest BCUT2D eigenvalue weighted by Gasteiger charge is 2.06. The second-order valence-corrected chi connectivity index (χ2v) is 6.09. The summed E-state index contributed by atoms with van der Waals surface area (Å²) in [6.07, 6.45) is 0. The van der Waals surface area contributed by atoms with E-state index in [0.29, 0.717) is 12.5 Å². The number of hydrogen-bond donors (Lipinski definition) is 2. The molecule has 1 heterocycles. The third-order valence-electron chi connectivity index (χ3n) is 3.95. The molecule has 25 heavy (non-hydrogen) atoms. The molecular formula is C20H21FN4. The Hall–Kier alpha value is -2.95. The number of halogens is 1. The van der Waals surface area contributed by atoms with Crippen molar-refractivity contribution in [2.24, 2.45) is 0 Å². The Morgan fingerprint density at radius 1 is 0.920 bits per heavy atom. The van der Waals surface area contributed by atoms with E-state index in [4.69, 9.17) is 0 Å². The van der Waals surface area contributed by atoms with Crippen LogP contribution in [0, 0.1) is 26.6 Å². The molecule has 0 radical (unpaired) electrons. The van der Waals surface area contributed by atoms with Crippen molar-refractivity contribution in [2.75, 3.05) is 10.6 Å². The highest BCUT2D eigenvalue weighted by molar-refractivity contribution is 5.65. The SMILES string of the molecule is Cc1cc(Nc2c(C)cccc2C)nc(NCc2ccc(F)cc2)n1. The molecule has 0 aliphatic heterocycles. The van der Waals surface area contributed by atoms with Crippen LogP contribution in [0.3, 0.4) is 0 Å². The maximum atomic E-state index is 13.0. The van der Waals surface area contributed by atoms with Gasteiger partial charge in [0.05, 0.1) is 0 Å². The van der Waals surface area contributed by atoms with Crippen molar-refractivity contribution in [2.45, 2.75) is 27.3 Å². The summed E-state index contributed by atoms with van der Waals surface area (Å²) in [5.74, 6) is 1.04. The van der Waals surface area contributed by atoms with Crippen molar-refractivity contribution >= 4 is 17.5 Å². The number of nitrogens with one attached hydrogen (secondary N) is 2. The minimum atomic E-state index is -0.240. The second-order valence-electron chi connectivity index (χ2n) is 6.09. The van der Waals surface area contributed by atoms with Crippen LogP contribution in [-0.2, 0) is 6.54 Å². The average Bonchev–Trinajstić information content (AvgIpc) is 2.57. The van der Waals surface area contributed by atoms with Crippen LogP contribution in [0.5, 0.6) is 0 Å². The van der Waals surface area contributed by atoms with E-state index in [-0.39, 0.29) is 5.82 Å². The van der Waals surface area contributed by atoms with Crippen molar-refractivity contribution < 1.29 is 4.39 Å². The third kappa shape index (κ3) is 4.32. The van der Waals surface area contributed by atoms with E-state index >= 15 is 0 Å². The van der Waals surface area contributed by atoms with Crippen LogP contribution in [0.15, 0.2) is 48.5 Å². The Labute approximate surface area is 147 Å². The van der Waals surface area contributed by atoms with Crippen molar-refractivity contribution in [3.05, 3.63) is 76.7 Å². The number of rotatable bonds is 5. The topological polar surface area (TPSA) is 49.8 Å². The predicted molar refractivity (Wildman–Crippen MR) is 99.7 cm³/mol. The van der Waals surface area contributed by atoms with E-state index in [0.717, 1.165) is 33.9 Å². The molecule has 1 aromatic heterocycles. The molecule has 4 nitrogen and oxygen atoms in total. The molecule has 0 spiro atoms. The first-order valence-corrected chi connectivity index (χ1v) is 8.18. The molecule has 0 saturated heterocycles. The molecule has 5 heteroatoms. The summed E-state index contributed by atoms with van der Waals surface area (Å²) in [5, 5.41) is 6.58. The molecule has 3 aromatic rings. The van der Waals surface area contributed by atoms with Crippen molar-refractivity contribution in [3.63, 3.8) is 0 Å². The summed E-state index contributed by atoms with van der Waals surface area (Å²) in [7, 11) is 0. The number of benzene rings is 2. The normalized spacial score (nSPS) is 10.6. The van der Waals surface area contributed by atoms with Gasteiger partial charge >= 0.3 is 0 Å². The van der Waals surface area contributed by atoms with E-state index in [1.165, 1.54) is 12.1 Å².